The molecule has 1 rings (SSSR count). The van der Waals surface area contributed by atoms with E-state index in [2.05, 4.69) is 9.72 Å². The maximum atomic E-state index is 12.0. The van der Waals surface area contributed by atoms with Crippen molar-refractivity contribution in [2.24, 2.45) is 0 Å². The third kappa shape index (κ3) is 3.48. The molecule has 1 aromatic rings. The molecule has 3 nitrogen and oxygen atoms in total. The van der Waals surface area contributed by atoms with Crippen LogP contribution < -0.4 is 4.74 Å². The number of alkyl halides is 3. The molecule has 16 heavy (non-hydrogen) atoms. The van der Waals surface area contributed by atoms with Crippen LogP contribution >= 0.6 is 34.2 Å². The fourth-order valence-electron chi connectivity index (χ4n) is 0.969. The van der Waals surface area contributed by atoms with Crippen molar-refractivity contribution < 1.29 is 22.7 Å². The monoisotopic (exact) mass is 365 g/mol. The molecular weight excluding hydrogens is 361 g/mol. The van der Waals surface area contributed by atoms with Crippen LogP contribution in [-0.2, 0) is 0 Å². The third-order valence-electron chi connectivity index (χ3n) is 1.62. The first-order chi connectivity index (χ1) is 7.20. The van der Waals surface area contributed by atoms with Crippen molar-refractivity contribution in [2.45, 2.75) is 13.3 Å². The minimum absolute atomic E-state index is 0.0438. The molecule has 0 N–H and O–H groups in total. The summed E-state index contributed by atoms with van der Waals surface area (Å²) in [6.07, 6.45) is -4.85. The van der Waals surface area contributed by atoms with Crippen molar-refractivity contribution in [1.82, 2.24) is 4.98 Å². The van der Waals surface area contributed by atoms with Crippen molar-refractivity contribution in [3.05, 3.63) is 20.9 Å². The zero-order chi connectivity index (χ0) is 12.5. The molecule has 0 bridgehead atoms. The van der Waals surface area contributed by atoms with Gasteiger partial charge in [-0.2, -0.15) is 0 Å². The highest BCUT2D eigenvalue weighted by molar-refractivity contribution is 14.1. The van der Waals surface area contributed by atoms with Crippen LogP contribution in [0.3, 0.4) is 0 Å². The Morgan fingerprint density at radius 3 is 2.56 bits per heavy atom. The molecular formula is C8H4ClF3INO2. The first kappa shape index (κ1) is 13.5. The zero-order valence-electron chi connectivity index (χ0n) is 7.73. The molecule has 1 heterocycles. The predicted molar refractivity (Wildman–Crippen MR) is 58.6 cm³/mol. The molecule has 0 unspecified atom stereocenters. The lowest BCUT2D eigenvalue weighted by atomic mass is 10.2. The van der Waals surface area contributed by atoms with Crippen LogP contribution in [0.5, 0.6) is 5.88 Å². The molecule has 0 saturated carbocycles. The zero-order valence-corrected chi connectivity index (χ0v) is 10.6. The van der Waals surface area contributed by atoms with Gasteiger partial charge in [0.1, 0.15) is 3.70 Å². The van der Waals surface area contributed by atoms with Crippen molar-refractivity contribution in [3.8, 4) is 5.88 Å². The van der Waals surface area contributed by atoms with Crippen LogP contribution in [-0.4, -0.2) is 16.6 Å². The molecule has 0 fully saturated rings. The highest BCUT2D eigenvalue weighted by atomic mass is 127. The van der Waals surface area contributed by atoms with E-state index in [0.29, 0.717) is 0 Å². The number of ether oxygens (including phenoxy) is 1. The highest BCUT2D eigenvalue weighted by Gasteiger charge is 2.33. The predicted octanol–water partition coefficient (Wildman–Crippen LogP) is 3.27. The average molecular weight is 365 g/mol. The number of carbonyl (C=O) groups excluding carboxylic acids is 1. The fourth-order valence-corrected chi connectivity index (χ4v) is 1.70. The molecule has 8 heteroatoms. The number of carbonyl (C=O) groups is 1. The molecule has 0 saturated heterocycles. The molecule has 88 valence electrons. The van der Waals surface area contributed by atoms with E-state index >= 15 is 0 Å². The van der Waals surface area contributed by atoms with Gasteiger partial charge in [0.2, 0.25) is 5.88 Å². The lowest BCUT2D eigenvalue weighted by Gasteiger charge is -2.12. The lowest BCUT2D eigenvalue weighted by molar-refractivity contribution is -0.276. The van der Waals surface area contributed by atoms with Gasteiger partial charge in [0, 0.05) is 11.1 Å². The second-order valence-electron chi connectivity index (χ2n) is 2.74. The maximum Gasteiger partial charge on any atom is 0.574 e. The van der Waals surface area contributed by atoms with Crippen molar-refractivity contribution in [2.75, 3.05) is 0 Å². The van der Waals surface area contributed by atoms with E-state index in [1.807, 2.05) is 0 Å². The summed E-state index contributed by atoms with van der Waals surface area (Å²) in [7, 11) is 0. The average Bonchev–Trinajstić information content (AvgIpc) is 2.07. The van der Waals surface area contributed by atoms with E-state index < -0.39 is 17.5 Å². The van der Waals surface area contributed by atoms with Gasteiger partial charge in [0.25, 0.3) is 5.24 Å². The third-order valence-corrected chi connectivity index (χ3v) is 2.38. The Labute approximate surface area is 107 Å². The smallest absolute Gasteiger partial charge is 0.388 e. The Kier molecular flexibility index (Phi) is 4.00. The molecule has 0 spiro atoms. The summed E-state index contributed by atoms with van der Waals surface area (Å²) in [5.41, 5.74) is -0.0990. The van der Waals surface area contributed by atoms with Gasteiger partial charge in [0.15, 0.2) is 0 Å². The second-order valence-corrected chi connectivity index (χ2v) is 4.19. The minimum Gasteiger partial charge on any atom is -0.388 e. The summed E-state index contributed by atoms with van der Waals surface area (Å²) >= 11 is 6.88. The summed E-state index contributed by atoms with van der Waals surface area (Å²) in [5.74, 6) is -0.664. The van der Waals surface area contributed by atoms with Gasteiger partial charge in [-0.1, -0.05) is 0 Å². The summed E-state index contributed by atoms with van der Waals surface area (Å²) in [5, 5.41) is -0.857. The topological polar surface area (TPSA) is 39.2 Å². The summed E-state index contributed by atoms with van der Waals surface area (Å²) in [6.45, 7) is 1.28. The summed E-state index contributed by atoms with van der Waals surface area (Å²) in [6, 6.07) is 1.29. The van der Waals surface area contributed by atoms with E-state index in [-0.39, 0.29) is 14.8 Å². The van der Waals surface area contributed by atoms with Crippen molar-refractivity contribution >= 4 is 39.4 Å². The molecule has 0 aliphatic heterocycles. The van der Waals surface area contributed by atoms with Crippen molar-refractivity contribution in [1.29, 1.82) is 0 Å². The standard InChI is InChI=1S/C8H4ClF3INO2/c1-3-4(6(9)15)2-5(13)14-7(3)16-8(10,11)12/h2H,1H3. The molecule has 1 aromatic heterocycles. The van der Waals surface area contributed by atoms with Crippen LogP contribution in [0.25, 0.3) is 0 Å². The maximum absolute atomic E-state index is 12.0. The fraction of sp³-hybridized carbons (Fsp3) is 0.250. The first-order valence-electron chi connectivity index (χ1n) is 3.83. The number of hydrogen-bond acceptors (Lipinski definition) is 3. The normalized spacial score (nSPS) is 11.4. The van der Waals surface area contributed by atoms with Crippen LogP contribution in [0, 0.1) is 10.6 Å². The van der Waals surface area contributed by atoms with Crippen LogP contribution in [0.1, 0.15) is 15.9 Å². The van der Waals surface area contributed by atoms with E-state index in [1.165, 1.54) is 13.0 Å². The first-order valence-corrected chi connectivity index (χ1v) is 5.29. The molecule has 0 aromatic carbocycles. The Balaban J connectivity index is 3.25. The van der Waals surface area contributed by atoms with E-state index in [1.54, 1.807) is 22.6 Å². The number of aromatic nitrogens is 1. The SMILES string of the molecule is Cc1c(C(=O)Cl)cc(I)nc1OC(F)(F)F. The lowest BCUT2D eigenvalue weighted by Crippen LogP contribution is -2.19. The van der Waals surface area contributed by atoms with Crippen LogP contribution in [0.4, 0.5) is 13.2 Å². The Morgan fingerprint density at radius 1 is 1.56 bits per heavy atom. The van der Waals surface area contributed by atoms with Crippen LogP contribution in [0.15, 0.2) is 6.07 Å². The Hall–Kier alpha value is -0.570. The Morgan fingerprint density at radius 2 is 2.12 bits per heavy atom. The number of rotatable bonds is 2. The van der Waals surface area contributed by atoms with E-state index in [9.17, 15) is 18.0 Å². The molecule has 0 aliphatic carbocycles. The molecule has 0 aliphatic rings. The van der Waals surface area contributed by atoms with Gasteiger partial charge in [-0.05, 0) is 47.2 Å². The molecule has 0 amide bonds. The quantitative estimate of drug-likeness (QED) is 0.459. The highest BCUT2D eigenvalue weighted by Crippen LogP contribution is 2.27. The minimum atomic E-state index is -4.85. The van der Waals surface area contributed by atoms with Gasteiger partial charge >= 0.3 is 6.36 Å². The summed E-state index contributed by atoms with van der Waals surface area (Å²) in [4.78, 5) is 14.5. The van der Waals surface area contributed by atoms with Crippen molar-refractivity contribution in [3.63, 3.8) is 0 Å². The van der Waals surface area contributed by atoms with Crippen LogP contribution in [0.2, 0.25) is 0 Å². The number of pyridine rings is 1. The number of nitrogens with zero attached hydrogens (tertiary/aromatic N) is 1. The number of halogens is 5. The second kappa shape index (κ2) is 4.74. The molecule has 0 atom stereocenters. The summed E-state index contributed by atoms with van der Waals surface area (Å²) < 4.78 is 39.9. The van der Waals surface area contributed by atoms with Gasteiger partial charge < -0.3 is 4.74 Å². The van der Waals surface area contributed by atoms with Gasteiger partial charge in [-0.15, -0.1) is 13.2 Å². The molecule has 0 radical (unpaired) electrons. The van der Waals surface area contributed by atoms with E-state index in [0.717, 1.165) is 0 Å². The van der Waals surface area contributed by atoms with Gasteiger partial charge in [-0.25, -0.2) is 4.98 Å². The van der Waals surface area contributed by atoms with Gasteiger partial charge in [-0.3, -0.25) is 4.79 Å². The number of hydrogen-bond donors (Lipinski definition) is 0. The van der Waals surface area contributed by atoms with E-state index in [4.69, 9.17) is 11.6 Å². The Bertz CT molecular complexity index is 436. The largest absolute Gasteiger partial charge is 0.574 e. The van der Waals surface area contributed by atoms with Gasteiger partial charge in [0.05, 0.1) is 0 Å².